The molecule has 1 rings (SSSR count). The van der Waals surface area contributed by atoms with Gasteiger partial charge in [0.25, 0.3) is 0 Å². The van der Waals surface area contributed by atoms with Crippen LogP contribution in [-0.4, -0.2) is 22.5 Å². The van der Waals surface area contributed by atoms with Gasteiger partial charge in [0.1, 0.15) is 0 Å². The van der Waals surface area contributed by atoms with Gasteiger partial charge in [-0.2, -0.15) is 0 Å². The molecule has 5 heteroatoms. The van der Waals surface area contributed by atoms with Crippen LogP contribution in [0.15, 0.2) is 16.8 Å². The van der Waals surface area contributed by atoms with Crippen molar-refractivity contribution in [3.63, 3.8) is 0 Å². The van der Waals surface area contributed by atoms with Crippen molar-refractivity contribution < 1.29 is 4.79 Å². The maximum atomic E-state index is 10.1. The Balaban J connectivity index is 2.75. The second kappa shape index (κ2) is 3.03. The molecule has 0 bridgehead atoms. The molecule has 0 aliphatic carbocycles. The van der Waals surface area contributed by atoms with E-state index in [4.69, 9.17) is 23.4 Å². The Morgan fingerprint density at radius 1 is 1.80 bits per heavy atom. The van der Waals surface area contributed by atoms with E-state index in [1.807, 2.05) is 0 Å². The van der Waals surface area contributed by atoms with Crippen LogP contribution >= 0.6 is 23.4 Å². The summed E-state index contributed by atoms with van der Waals surface area (Å²) in [6, 6.07) is 0. The number of alkyl halides is 1. The summed E-state index contributed by atoms with van der Waals surface area (Å²) in [5.41, 5.74) is -0.197. The number of rotatable bonds is 1. The van der Waals surface area contributed by atoms with E-state index >= 15 is 0 Å². The minimum atomic E-state index is -0.606. The Morgan fingerprint density at radius 2 is 2.50 bits per heavy atom. The second-order valence-electron chi connectivity index (χ2n) is 1.68. The van der Waals surface area contributed by atoms with E-state index in [2.05, 4.69) is 4.99 Å². The van der Waals surface area contributed by atoms with Crippen molar-refractivity contribution in [1.82, 2.24) is 4.42 Å². The summed E-state index contributed by atoms with van der Waals surface area (Å²) in [5.74, 6) is 0. The van der Waals surface area contributed by atoms with Crippen molar-refractivity contribution in [3.05, 3.63) is 11.8 Å². The van der Waals surface area contributed by atoms with Gasteiger partial charge >= 0.3 is 0 Å². The van der Waals surface area contributed by atoms with Crippen LogP contribution in [0.1, 0.15) is 0 Å². The molecule has 0 aromatic rings. The fourth-order valence-corrected chi connectivity index (χ4v) is 0.785. The molecular formula is C5H4Cl2N2O. The van der Waals surface area contributed by atoms with Crippen LogP contribution < -0.4 is 0 Å². The second-order valence-corrected chi connectivity index (χ2v) is 2.46. The molecular weight excluding hydrogens is 175 g/mol. The van der Waals surface area contributed by atoms with Crippen molar-refractivity contribution in [2.24, 2.45) is 4.99 Å². The Hall–Kier alpha value is -0.540. The highest BCUT2D eigenvalue weighted by molar-refractivity contribution is 6.26. The average Bonchev–Trinajstić information content (AvgIpc) is 1.95. The molecule has 0 radical (unpaired) electrons. The number of carbonyl (C=O) groups is 1. The van der Waals surface area contributed by atoms with Crippen LogP contribution in [0.4, 0.5) is 0 Å². The highest BCUT2D eigenvalue weighted by atomic mass is 35.5. The highest BCUT2D eigenvalue weighted by Gasteiger charge is 2.12. The van der Waals surface area contributed by atoms with E-state index in [0.29, 0.717) is 11.9 Å². The summed E-state index contributed by atoms with van der Waals surface area (Å²) in [7, 11) is 0. The van der Waals surface area contributed by atoms with Gasteiger partial charge in [0.15, 0.2) is 6.29 Å². The van der Waals surface area contributed by atoms with Gasteiger partial charge in [-0.25, -0.2) is 0 Å². The first kappa shape index (κ1) is 7.57. The van der Waals surface area contributed by atoms with Gasteiger partial charge in [-0.05, 0) is 0 Å². The first-order chi connectivity index (χ1) is 4.74. The van der Waals surface area contributed by atoms with E-state index in [0.717, 1.165) is 4.42 Å². The van der Waals surface area contributed by atoms with Gasteiger partial charge in [0.05, 0.1) is 0 Å². The number of hydrogen-bond acceptors (Lipinski definition) is 3. The SMILES string of the molecule is O=CC1=CN(Cl)C(Cl)N=C1. The number of nitrogens with zero attached hydrogens (tertiary/aromatic N) is 2. The quantitative estimate of drug-likeness (QED) is 0.261. The van der Waals surface area contributed by atoms with Gasteiger partial charge in [-0.15, -0.1) is 0 Å². The topological polar surface area (TPSA) is 32.7 Å². The number of allylic oxidation sites excluding steroid dienone is 1. The molecule has 1 unspecified atom stereocenters. The molecule has 0 saturated heterocycles. The average molecular weight is 179 g/mol. The van der Waals surface area contributed by atoms with E-state index in [1.54, 1.807) is 0 Å². The van der Waals surface area contributed by atoms with Gasteiger partial charge < -0.3 is 0 Å². The molecule has 0 amide bonds. The summed E-state index contributed by atoms with van der Waals surface area (Å²) >= 11 is 11.0. The number of carbonyl (C=O) groups excluding carboxylic acids is 1. The minimum absolute atomic E-state index is 0.409. The molecule has 0 N–H and O–H groups in total. The Morgan fingerprint density at radius 3 is 3.00 bits per heavy atom. The molecule has 1 aliphatic rings. The third kappa shape index (κ3) is 1.49. The molecule has 1 atom stereocenters. The summed E-state index contributed by atoms with van der Waals surface area (Å²) < 4.78 is 1.13. The standard InChI is InChI=1S/C5H4Cl2N2O/c6-5-8-1-4(3-10)2-9(5)7/h1-3,5H. The van der Waals surface area contributed by atoms with Crippen molar-refractivity contribution in [1.29, 1.82) is 0 Å². The molecule has 0 aromatic carbocycles. The summed E-state index contributed by atoms with van der Waals surface area (Å²) in [5, 5.41) is 0. The summed E-state index contributed by atoms with van der Waals surface area (Å²) in [4.78, 5) is 13.8. The van der Waals surface area contributed by atoms with E-state index in [-0.39, 0.29) is 0 Å². The van der Waals surface area contributed by atoms with E-state index in [9.17, 15) is 4.79 Å². The zero-order chi connectivity index (χ0) is 7.56. The summed E-state index contributed by atoms with van der Waals surface area (Å²) in [6.45, 7) is 0. The largest absolute Gasteiger partial charge is 0.298 e. The van der Waals surface area contributed by atoms with Crippen LogP contribution in [0.25, 0.3) is 0 Å². The van der Waals surface area contributed by atoms with Gasteiger partial charge in [0, 0.05) is 29.8 Å². The van der Waals surface area contributed by atoms with Gasteiger partial charge in [-0.1, -0.05) is 11.6 Å². The molecule has 0 aromatic heterocycles. The maximum Gasteiger partial charge on any atom is 0.210 e. The first-order valence-corrected chi connectivity index (χ1v) is 3.30. The van der Waals surface area contributed by atoms with Crippen LogP contribution in [0.5, 0.6) is 0 Å². The number of aliphatic imine (C=N–C) groups is 1. The zero-order valence-corrected chi connectivity index (χ0v) is 6.38. The molecule has 0 fully saturated rings. The monoisotopic (exact) mass is 178 g/mol. The maximum absolute atomic E-state index is 10.1. The van der Waals surface area contributed by atoms with Crippen LogP contribution in [0.2, 0.25) is 0 Å². The van der Waals surface area contributed by atoms with Gasteiger partial charge in [-0.3, -0.25) is 14.2 Å². The Bertz CT molecular complexity index is 202. The highest BCUT2D eigenvalue weighted by Crippen LogP contribution is 2.14. The van der Waals surface area contributed by atoms with Crippen LogP contribution in [-0.2, 0) is 4.79 Å². The lowest BCUT2D eigenvalue weighted by atomic mass is 10.3. The summed E-state index contributed by atoms with van der Waals surface area (Å²) in [6.07, 6.45) is 3.45. The zero-order valence-electron chi connectivity index (χ0n) is 4.87. The fourth-order valence-electron chi connectivity index (χ4n) is 0.509. The molecule has 54 valence electrons. The molecule has 1 aliphatic heterocycles. The molecule has 0 saturated carbocycles. The van der Waals surface area contributed by atoms with Crippen molar-refractivity contribution >= 4 is 35.9 Å². The predicted molar refractivity (Wildman–Crippen MR) is 40.0 cm³/mol. The Kier molecular flexibility index (Phi) is 2.29. The normalized spacial score (nSPS) is 24.4. The van der Waals surface area contributed by atoms with E-state index in [1.165, 1.54) is 12.4 Å². The third-order valence-electron chi connectivity index (χ3n) is 0.959. The number of aldehydes is 1. The first-order valence-electron chi connectivity index (χ1n) is 2.52. The lowest BCUT2D eigenvalue weighted by Crippen LogP contribution is -2.18. The van der Waals surface area contributed by atoms with E-state index < -0.39 is 5.62 Å². The molecule has 1 heterocycles. The molecule has 3 nitrogen and oxygen atoms in total. The van der Waals surface area contributed by atoms with Crippen molar-refractivity contribution in [3.8, 4) is 0 Å². The van der Waals surface area contributed by atoms with Crippen LogP contribution in [0.3, 0.4) is 0 Å². The van der Waals surface area contributed by atoms with Gasteiger partial charge in [0.2, 0.25) is 5.62 Å². The van der Waals surface area contributed by atoms with Crippen molar-refractivity contribution in [2.45, 2.75) is 5.62 Å². The molecule has 0 spiro atoms. The lowest BCUT2D eigenvalue weighted by Gasteiger charge is -2.16. The number of hydrogen-bond donors (Lipinski definition) is 0. The third-order valence-corrected chi connectivity index (χ3v) is 1.66. The van der Waals surface area contributed by atoms with Crippen molar-refractivity contribution in [2.75, 3.05) is 0 Å². The number of halogens is 2. The smallest absolute Gasteiger partial charge is 0.210 e. The van der Waals surface area contributed by atoms with Crippen LogP contribution in [0, 0.1) is 0 Å². The molecule has 10 heavy (non-hydrogen) atoms. The Labute approximate surface area is 68.0 Å². The lowest BCUT2D eigenvalue weighted by molar-refractivity contribution is -0.104. The fraction of sp³-hybridized carbons (Fsp3) is 0.200. The predicted octanol–water partition coefficient (Wildman–Crippen LogP) is 1.13. The minimum Gasteiger partial charge on any atom is -0.298 e.